The summed E-state index contributed by atoms with van der Waals surface area (Å²) in [6.45, 7) is 7.99. The molecule has 2 aliphatic rings. The molecule has 0 atom stereocenters. The second kappa shape index (κ2) is 3.23. The molecule has 2 heterocycles. The molecule has 2 rings (SSSR count). The van der Waals surface area contributed by atoms with E-state index in [4.69, 9.17) is 9.47 Å². The van der Waals surface area contributed by atoms with Crippen molar-refractivity contribution in [1.29, 1.82) is 0 Å². The fourth-order valence-corrected chi connectivity index (χ4v) is 2.02. The quantitative estimate of drug-likeness (QED) is 0.699. The van der Waals surface area contributed by atoms with Crippen molar-refractivity contribution in [2.45, 2.75) is 32.4 Å². The first kappa shape index (κ1) is 9.44. The van der Waals surface area contributed by atoms with Crippen molar-refractivity contribution in [2.75, 3.05) is 26.4 Å². The van der Waals surface area contributed by atoms with Gasteiger partial charge < -0.3 is 9.47 Å². The molecule has 0 radical (unpaired) electrons. The monoisotopic (exact) mass is 185 g/mol. The second-order valence-electron chi connectivity index (χ2n) is 4.34. The first-order chi connectivity index (χ1) is 6.24. The van der Waals surface area contributed by atoms with Crippen molar-refractivity contribution < 1.29 is 9.47 Å². The van der Waals surface area contributed by atoms with Gasteiger partial charge in [0.2, 0.25) is 0 Å². The molecule has 0 unspecified atom stereocenters. The normalized spacial score (nSPS) is 30.0. The topological polar surface area (TPSA) is 30.5 Å². The highest BCUT2D eigenvalue weighted by Gasteiger charge is 2.46. The van der Waals surface area contributed by atoms with Crippen molar-refractivity contribution in [3.8, 4) is 0 Å². The third kappa shape index (κ3) is 1.49. The van der Waals surface area contributed by atoms with Gasteiger partial charge in [0, 0.05) is 6.54 Å². The van der Waals surface area contributed by atoms with E-state index in [9.17, 15) is 0 Å². The van der Waals surface area contributed by atoms with Crippen LogP contribution in [-0.4, -0.2) is 32.1 Å². The van der Waals surface area contributed by atoms with Gasteiger partial charge in [-0.2, -0.15) is 0 Å². The van der Waals surface area contributed by atoms with Crippen LogP contribution in [0.1, 0.15) is 26.7 Å². The van der Waals surface area contributed by atoms with Gasteiger partial charge in [0.1, 0.15) is 5.72 Å². The Kier molecular flexibility index (Phi) is 2.34. The van der Waals surface area contributed by atoms with E-state index < -0.39 is 0 Å². The number of nitrogens with one attached hydrogen (secondary N) is 1. The summed E-state index contributed by atoms with van der Waals surface area (Å²) in [6.07, 6.45) is 2.08. The maximum absolute atomic E-state index is 5.93. The fourth-order valence-electron chi connectivity index (χ4n) is 2.02. The minimum absolute atomic E-state index is 0.0547. The highest BCUT2D eigenvalue weighted by Crippen LogP contribution is 2.34. The minimum Gasteiger partial charge on any atom is -0.380 e. The predicted octanol–water partition coefficient (Wildman–Crippen LogP) is 1.14. The molecule has 2 saturated heterocycles. The Bertz CT molecular complexity index is 173. The van der Waals surface area contributed by atoms with Crippen molar-refractivity contribution in [3.63, 3.8) is 0 Å². The lowest BCUT2D eigenvalue weighted by Crippen LogP contribution is -2.64. The lowest BCUT2D eigenvalue weighted by molar-refractivity contribution is -0.223. The lowest BCUT2D eigenvalue weighted by Gasteiger charge is -2.50. The van der Waals surface area contributed by atoms with Crippen LogP contribution in [0.2, 0.25) is 0 Å². The molecule has 0 aromatic carbocycles. The number of ether oxygens (including phenoxy) is 2. The molecular weight excluding hydrogens is 166 g/mol. The van der Waals surface area contributed by atoms with Crippen molar-refractivity contribution in [1.82, 2.24) is 5.32 Å². The molecular formula is C10H19NO2. The molecule has 0 aromatic heterocycles. The molecule has 0 aromatic rings. The number of hydrogen-bond donors (Lipinski definition) is 1. The zero-order valence-electron chi connectivity index (χ0n) is 8.56. The van der Waals surface area contributed by atoms with Gasteiger partial charge in [-0.3, -0.25) is 5.32 Å². The highest BCUT2D eigenvalue weighted by molar-refractivity contribution is 4.94. The highest BCUT2D eigenvalue weighted by atomic mass is 16.5. The second-order valence-corrected chi connectivity index (χ2v) is 4.34. The molecule has 2 fully saturated rings. The first-order valence-electron chi connectivity index (χ1n) is 5.21. The van der Waals surface area contributed by atoms with E-state index in [1.165, 1.54) is 0 Å². The molecule has 1 N–H and O–H groups in total. The molecule has 0 amide bonds. The van der Waals surface area contributed by atoms with Gasteiger partial charge in [-0.15, -0.1) is 0 Å². The van der Waals surface area contributed by atoms with Gasteiger partial charge in [-0.1, -0.05) is 13.8 Å². The van der Waals surface area contributed by atoms with Gasteiger partial charge >= 0.3 is 0 Å². The summed E-state index contributed by atoms with van der Waals surface area (Å²) >= 11 is 0. The van der Waals surface area contributed by atoms with E-state index in [-0.39, 0.29) is 5.72 Å². The summed E-state index contributed by atoms with van der Waals surface area (Å²) in [5.41, 5.74) is 0.245. The summed E-state index contributed by atoms with van der Waals surface area (Å²) in [4.78, 5) is 0. The van der Waals surface area contributed by atoms with E-state index >= 15 is 0 Å². The number of hydrogen-bond acceptors (Lipinski definition) is 3. The van der Waals surface area contributed by atoms with Crippen LogP contribution in [-0.2, 0) is 9.47 Å². The third-order valence-corrected chi connectivity index (χ3v) is 3.40. The van der Waals surface area contributed by atoms with Crippen molar-refractivity contribution in [3.05, 3.63) is 0 Å². The maximum Gasteiger partial charge on any atom is 0.118 e. The average molecular weight is 185 g/mol. The third-order valence-electron chi connectivity index (χ3n) is 3.40. The zero-order chi connectivity index (χ0) is 9.36. The van der Waals surface area contributed by atoms with Crippen LogP contribution in [0, 0.1) is 5.41 Å². The van der Waals surface area contributed by atoms with E-state index in [1.807, 2.05) is 0 Å². The molecule has 0 saturated carbocycles. The summed E-state index contributed by atoms with van der Waals surface area (Å²) in [5.74, 6) is 0. The Balaban J connectivity index is 1.94. The summed E-state index contributed by atoms with van der Waals surface area (Å²) < 4.78 is 11.2. The lowest BCUT2D eigenvalue weighted by atomic mass is 9.84. The molecule has 76 valence electrons. The van der Waals surface area contributed by atoms with Crippen molar-refractivity contribution >= 4 is 0 Å². The van der Waals surface area contributed by atoms with Gasteiger partial charge in [-0.05, 0) is 12.8 Å². The predicted molar refractivity (Wildman–Crippen MR) is 50.5 cm³/mol. The molecule has 3 heteroatoms. The van der Waals surface area contributed by atoms with E-state index in [0.717, 1.165) is 39.2 Å². The first-order valence-corrected chi connectivity index (χ1v) is 5.21. The SMILES string of the molecule is CCC1(CC)NCC2(COC2)CO1. The van der Waals surface area contributed by atoms with Crippen LogP contribution in [0.4, 0.5) is 0 Å². The smallest absolute Gasteiger partial charge is 0.118 e. The molecule has 1 spiro atoms. The Labute approximate surface area is 79.8 Å². The Morgan fingerprint density at radius 3 is 2.15 bits per heavy atom. The zero-order valence-corrected chi connectivity index (χ0v) is 8.56. The van der Waals surface area contributed by atoms with E-state index in [1.54, 1.807) is 0 Å². The van der Waals surface area contributed by atoms with Crippen LogP contribution in [0.3, 0.4) is 0 Å². The van der Waals surface area contributed by atoms with Crippen molar-refractivity contribution in [2.24, 2.45) is 5.41 Å². The Hall–Kier alpha value is -0.120. The van der Waals surface area contributed by atoms with Crippen LogP contribution in [0.15, 0.2) is 0 Å². The van der Waals surface area contributed by atoms with Crippen LogP contribution in [0.25, 0.3) is 0 Å². The van der Waals surface area contributed by atoms with Crippen LogP contribution in [0.5, 0.6) is 0 Å². The molecule has 3 nitrogen and oxygen atoms in total. The fraction of sp³-hybridized carbons (Fsp3) is 1.00. The average Bonchev–Trinajstić information content (AvgIpc) is 2.16. The summed E-state index contributed by atoms with van der Waals surface area (Å²) in [6, 6.07) is 0. The minimum atomic E-state index is -0.0547. The molecule has 0 bridgehead atoms. The van der Waals surface area contributed by atoms with E-state index in [0.29, 0.717) is 5.41 Å². The maximum atomic E-state index is 5.93. The van der Waals surface area contributed by atoms with Gasteiger partial charge in [0.05, 0.1) is 25.2 Å². The number of rotatable bonds is 2. The van der Waals surface area contributed by atoms with Crippen LogP contribution < -0.4 is 5.32 Å². The van der Waals surface area contributed by atoms with Gasteiger partial charge in [-0.25, -0.2) is 0 Å². The Morgan fingerprint density at radius 2 is 1.85 bits per heavy atom. The molecule has 0 aliphatic carbocycles. The van der Waals surface area contributed by atoms with Gasteiger partial charge in [0.25, 0.3) is 0 Å². The largest absolute Gasteiger partial charge is 0.380 e. The van der Waals surface area contributed by atoms with Gasteiger partial charge in [0.15, 0.2) is 0 Å². The Morgan fingerprint density at radius 1 is 1.15 bits per heavy atom. The standard InChI is InChI=1S/C10H19NO2/c1-3-10(4-2)11-5-9(8-13-10)6-12-7-9/h11H,3-8H2,1-2H3. The summed E-state index contributed by atoms with van der Waals surface area (Å²) in [5, 5.41) is 3.52. The summed E-state index contributed by atoms with van der Waals surface area (Å²) in [7, 11) is 0. The van der Waals surface area contributed by atoms with Crippen LogP contribution >= 0.6 is 0 Å². The van der Waals surface area contributed by atoms with E-state index in [2.05, 4.69) is 19.2 Å². The molecule has 13 heavy (non-hydrogen) atoms. The molecule has 2 aliphatic heterocycles.